The molecule has 15 heavy (non-hydrogen) atoms. The van der Waals surface area contributed by atoms with Crippen LogP contribution in [0.3, 0.4) is 0 Å². The summed E-state index contributed by atoms with van der Waals surface area (Å²) < 4.78 is 5.51. The van der Waals surface area contributed by atoms with Gasteiger partial charge in [-0.05, 0) is 26.8 Å². The fourth-order valence-corrected chi connectivity index (χ4v) is 0.933. The number of nitrogens with zero attached hydrogens (tertiary/aromatic N) is 3. The van der Waals surface area contributed by atoms with Gasteiger partial charge in [-0.25, -0.2) is 0 Å². The van der Waals surface area contributed by atoms with Crippen molar-refractivity contribution in [3.8, 4) is 5.88 Å². The van der Waals surface area contributed by atoms with Crippen molar-refractivity contribution in [2.24, 2.45) is 10.9 Å². The highest BCUT2D eigenvalue weighted by Crippen LogP contribution is 2.18. The normalized spacial score (nSPS) is 12.6. The second-order valence-electron chi connectivity index (χ2n) is 3.95. The van der Waals surface area contributed by atoms with Crippen LogP contribution in [0.5, 0.6) is 5.88 Å². The largest absolute Gasteiger partial charge is 0.470 e. The number of aromatic nitrogens is 2. The van der Waals surface area contributed by atoms with Crippen LogP contribution < -0.4 is 10.5 Å². The Labute approximate surface area is 87.8 Å². The molecule has 6 heteroatoms. The van der Waals surface area contributed by atoms with E-state index in [0.717, 1.165) is 0 Å². The van der Waals surface area contributed by atoms with Crippen molar-refractivity contribution in [2.45, 2.75) is 26.4 Å². The first-order valence-corrected chi connectivity index (χ1v) is 4.42. The molecule has 3 N–H and O–H groups in total. The van der Waals surface area contributed by atoms with Gasteiger partial charge in [-0.2, -0.15) is 5.10 Å². The number of amidine groups is 1. The molecule has 0 aliphatic rings. The molecule has 1 aromatic rings. The molecule has 0 saturated carbocycles. The van der Waals surface area contributed by atoms with Crippen LogP contribution >= 0.6 is 0 Å². The Morgan fingerprint density at radius 3 is 2.73 bits per heavy atom. The van der Waals surface area contributed by atoms with E-state index >= 15 is 0 Å². The maximum absolute atomic E-state index is 8.57. The number of hydrogen-bond donors (Lipinski definition) is 2. The summed E-state index contributed by atoms with van der Waals surface area (Å²) in [4.78, 5) is 0. The van der Waals surface area contributed by atoms with Crippen LogP contribution in [0.1, 0.15) is 26.3 Å². The van der Waals surface area contributed by atoms with Gasteiger partial charge in [-0.15, -0.1) is 5.10 Å². The van der Waals surface area contributed by atoms with Gasteiger partial charge in [0, 0.05) is 0 Å². The quantitative estimate of drug-likeness (QED) is 0.325. The Hall–Kier alpha value is -1.85. The minimum absolute atomic E-state index is 0.0517. The molecule has 0 fully saturated rings. The molecule has 82 valence electrons. The van der Waals surface area contributed by atoms with Gasteiger partial charge >= 0.3 is 0 Å². The fraction of sp³-hybridized carbons (Fsp3) is 0.444. The molecule has 6 nitrogen and oxygen atoms in total. The Balaban J connectivity index is 3.07. The molecule has 0 atom stereocenters. The van der Waals surface area contributed by atoms with Crippen LogP contribution in [0.2, 0.25) is 0 Å². The van der Waals surface area contributed by atoms with E-state index in [1.54, 1.807) is 6.07 Å². The van der Waals surface area contributed by atoms with Crippen LogP contribution in [0.4, 0.5) is 0 Å². The second kappa shape index (κ2) is 4.12. The first kappa shape index (κ1) is 11.2. The molecule has 0 amide bonds. The van der Waals surface area contributed by atoms with Gasteiger partial charge in [0.25, 0.3) is 0 Å². The van der Waals surface area contributed by atoms with Gasteiger partial charge in [-0.1, -0.05) is 5.16 Å². The second-order valence-corrected chi connectivity index (χ2v) is 3.95. The van der Waals surface area contributed by atoms with Crippen molar-refractivity contribution in [1.82, 2.24) is 10.2 Å². The fourth-order valence-electron chi connectivity index (χ4n) is 0.933. The van der Waals surface area contributed by atoms with Crippen molar-refractivity contribution in [2.75, 3.05) is 0 Å². The van der Waals surface area contributed by atoms with Gasteiger partial charge in [0.15, 0.2) is 5.84 Å². The average molecular weight is 210 g/mol. The van der Waals surface area contributed by atoms with E-state index in [-0.39, 0.29) is 11.7 Å². The Bertz CT molecular complexity index is 371. The molecule has 1 heterocycles. The smallest absolute Gasteiger partial charge is 0.245 e. The number of oxime groups is 1. The van der Waals surface area contributed by atoms with E-state index in [9.17, 15) is 0 Å². The maximum atomic E-state index is 8.57. The molecule has 0 spiro atoms. The van der Waals surface area contributed by atoms with E-state index in [0.29, 0.717) is 5.56 Å². The molecule has 0 aromatic carbocycles. The van der Waals surface area contributed by atoms with Crippen molar-refractivity contribution < 1.29 is 9.94 Å². The van der Waals surface area contributed by atoms with E-state index in [1.165, 1.54) is 6.20 Å². The minimum Gasteiger partial charge on any atom is -0.470 e. The van der Waals surface area contributed by atoms with Crippen LogP contribution in [0.15, 0.2) is 17.4 Å². The molecule has 1 rings (SSSR count). The lowest BCUT2D eigenvalue weighted by Gasteiger charge is -2.21. The van der Waals surface area contributed by atoms with Crippen molar-refractivity contribution in [1.29, 1.82) is 0 Å². The summed E-state index contributed by atoms with van der Waals surface area (Å²) in [7, 11) is 0. The number of ether oxygens (including phenoxy) is 1. The van der Waals surface area contributed by atoms with E-state index in [4.69, 9.17) is 15.7 Å². The third-order valence-corrected chi connectivity index (χ3v) is 1.47. The molecule has 0 saturated heterocycles. The monoisotopic (exact) mass is 210 g/mol. The van der Waals surface area contributed by atoms with Crippen molar-refractivity contribution in [3.63, 3.8) is 0 Å². The zero-order valence-electron chi connectivity index (χ0n) is 8.93. The summed E-state index contributed by atoms with van der Waals surface area (Å²) in [6.07, 6.45) is 1.45. The Kier molecular flexibility index (Phi) is 3.08. The average Bonchev–Trinajstić information content (AvgIpc) is 2.15. The van der Waals surface area contributed by atoms with Crippen LogP contribution in [0.25, 0.3) is 0 Å². The third-order valence-electron chi connectivity index (χ3n) is 1.47. The highest BCUT2D eigenvalue weighted by molar-refractivity contribution is 5.98. The molecular weight excluding hydrogens is 196 g/mol. The lowest BCUT2D eigenvalue weighted by molar-refractivity contribution is 0.122. The van der Waals surface area contributed by atoms with Crippen LogP contribution in [-0.4, -0.2) is 26.8 Å². The predicted octanol–water partition coefficient (Wildman–Crippen LogP) is 0.748. The molecule has 0 bridgehead atoms. The van der Waals surface area contributed by atoms with Gasteiger partial charge < -0.3 is 15.7 Å². The number of hydrogen-bond acceptors (Lipinski definition) is 5. The van der Waals surface area contributed by atoms with Gasteiger partial charge in [0.1, 0.15) is 5.60 Å². The zero-order chi connectivity index (χ0) is 11.5. The van der Waals surface area contributed by atoms with E-state index in [1.807, 2.05) is 20.8 Å². The van der Waals surface area contributed by atoms with Gasteiger partial charge in [0.05, 0.1) is 11.8 Å². The first-order valence-electron chi connectivity index (χ1n) is 4.42. The molecule has 0 unspecified atom stereocenters. The molecule has 1 aromatic heterocycles. The minimum atomic E-state index is -0.416. The maximum Gasteiger partial charge on any atom is 0.245 e. The summed E-state index contributed by atoms with van der Waals surface area (Å²) in [5.74, 6) is 0.199. The van der Waals surface area contributed by atoms with Gasteiger partial charge in [-0.3, -0.25) is 0 Å². The Morgan fingerprint density at radius 2 is 2.20 bits per heavy atom. The molecule has 0 aliphatic carbocycles. The summed E-state index contributed by atoms with van der Waals surface area (Å²) in [5, 5.41) is 18.9. The van der Waals surface area contributed by atoms with Crippen LogP contribution in [0, 0.1) is 0 Å². The zero-order valence-corrected chi connectivity index (χ0v) is 8.93. The standard InChI is InChI=1S/C9H14N4O2/c1-9(2,3)15-8-6(7(10)13-14)4-5-11-12-8/h4-5,14H,1-3H3,(H2,10,13). The molecule has 0 radical (unpaired) electrons. The number of rotatable bonds is 2. The predicted molar refractivity (Wildman–Crippen MR) is 54.9 cm³/mol. The highest BCUT2D eigenvalue weighted by atomic mass is 16.5. The summed E-state index contributed by atoms with van der Waals surface area (Å²) >= 11 is 0. The summed E-state index contributed by atoms with van der Waals surface area (Å²) in [6.45, 7) is 5.62. The summed E-state index contributed by atoms with van der Waals surface area (Å²) in [5.41, 5.74) is 5.47. The van der Waals surface area contributed by atoms with Crippen LogP contribution in [-0.2, 0) is 0 Å². The van der Waals surface area contributed by atoms with E-state index < -0.39 is 5.60 Å². The molecular formula is C9H14N4O2. The lowest BCUT2D eigenvalue weighted by Crippen LogP contribution is -2.26. The highest BCUT2D eigenvalue weighted by Gasteiger charge is 2.17. The molecule has 0 aliphatic heterocycles. The van der Waals surface area contributed by atoms with Crippen molar-refractivity contribution >= 4 is 5.84 Å². The summed E-state index contributed by atoms with van der Waals surface area (Å²) in [6, 6.07) is 1.57. The topological polar surface area (TPSA) is 93.6 Å². The van der Waals surface area contributed by atoms with Gasteiger partial charge in [0.2, 0.25) is 5.88 Å². The van der Waals surface area contributed by atoms with E-state index in [2.05, 4.69) is 15.4 Å². The Morgan fingerprint density at radius 1 is 1.53 bits per heavy atom. The SMILES string of the molecule is CC(C)(C)Oc1nnccc1/C(N)=N/O. The third kappa shape index (κ3) is 3.08. The van der Waals surface area contributed by atoms with Crippen molar-refractivity contribution in [3.05, 3.63) is 17.8 Å². The number of nitrogens with two attached hydrogens (primary N) is 1. The first-order chi connectivity index (χ1) is 6.94. The lowest BCUT2D eigenvalue weighted by atomic mass is 10.2.